The van der Waals surface area contributed by atoms with Gasteiger partial charge in [-0.25, -0.2) is 4.98 Å². The molecule has 2 rings (SSSR count). The van der Waals surface area contributed by atoms with E-state index in [1.54, 1.807) is 6.20 Å². The van der Waals surface area contributed by atoms with Crippen molar-refractivity contribution in [3.8, 4) is 5.75 Å². The summed E-state index contributed by atoms with van der Waals surface area (Å²) in [5.41, 5.74) is 0.0518. The summed E-state index contributed by atoms with van der Waals surface area (Å²) in [6.07, 6.45) is 1.69. The highest BCUT2D eigenvalue weighted by Gasteiger charge is 2.51. The van der Waals surface area contributed by atoms with Crippen molar-refractivity contribution in [1.29, 1.82) is 0 Å². The zero-order valence-electron chi connectivity index (χ0n) is 12.9. The van der Waals surface area contributed by atoms with Gasteiger partial charge in [-0.3, -0.25) is 0 Å². The average molecular weight is 298 g/mol. The lowest BCUT2D eigenvalue weighted by Crippen LogP contribution is -2.41. The Morgan fingerprint density at radius 1 is 1.20 bits per heavy atom. The number of hydrogen-bond donors (Lipinski definition) is 0. The van der Waals surface area contributed by atoms with E-state index in [9.17, 15) is 0 Å². The number of hydrogen-bond acceptors (Lipinski definition) is 4. The molecule has 1 aromatic rings. The fraction of sp³-hybridized carbons (Fsp3) is 0.643. The Morgan fingerprint density at radius 3 is 2.25 bits per heavy atom. The molecule has 1 fully saturated rings. The topological polar surface area (TPSA) is 40.6 Å². The van der Waals surface area contributed by atoms with Gasteiger partial charge in [0, 0.05) is 11.7 Å². The molecule has 0 bridgehead atoms. The Kier molecular flexibility index (Phi) is 4.06. The van der Waals surface area contributed by atoms with Crippen molar-refractivity contribution in [2.45, 2.75) is 58.8 Å². The summed E-state index contributed by atoms with van der Waals surface area (Å²) in [6.45, 7) is 11.9. The van der Waals surface area contributed by atoms with Crippen LogP contribution in [0.4, 0.5) is 0 Å². The predicted molar refractivity (Wildman–Crippen MR) is 80.7 cm³/mol. The second-order valence-electron chi connectivity index (χ2n) is 6.31. The fourth-order valence-corrected chi connectivity index (χ4v) is 2.04. The minimum atomic E-state index is -0.459. The van der Waals surface area contributed by atoms with Crippen LogP contribution >= 0.6 is 11.6 Å². The maximum atomic E-state index is 6.04. The molecule has 1 aliphatic rings. The van der Waals surface area contributed by atoms with Crippen LogP contribution in [-0.2, 0) is 9.31 Å². The van der Waals surface area contributed by atoms with Gasteiger partial charge in [-0.1, -0.05) is 11.6 Å². The highest BCUT2D eigenvalue weighted by Crippen LogP contribution is 2.36. The van der Waals surface area contributed by atoms with Crippen LogP contribution in [0.5, 0.6) is 5.75 Å². The van der Waals surface area contributed by atoms with Crippen LogP contribution in [0.2, 0.25) is 5.15 Å². The molecule has 4 nitrogen and oxygen atoms in total. The van der Waals surface area contributed by atoms with Crippen molar-refractivity contribution < 1.29 is 14.0 Å². The van der Waals surface area contributed by atoms with Gasteiger partial charge in [0.05, 0.1) is 17.3 Å². The fourth-order valence-electron chi connectivity index (χ4n) is 1.89. The van der Waals surface area contributed by atoms with Crippen LogP contribution in [0, 0.1) is 0 Å². The number of pyridine rings is 1. The van der Waals surface area contributed by atoms with Crippen molar-refractivity contribution in [2.24, 2.45) is 0 Å². The zero-order valence-corrected chi connectivity index (χ0v) is 13.6. The SMILES string of the molecule is CC(C)Oc1cc(B2OC(C)(C)C(C)(C)O2)cnc1Cl. The molecule has 0 amide bonds. The van der Waals surface area contributed by atoms with E-state index in [1.807, 2.05) is 47.6 Å². The summed E-state index contributed by atoms with van der Waals surface area (Å²) in [7, 11) is -0.459. The molecule has 0 spiro atoms. The first kappa shape index (κ1) is 15.6. The van der Waals surface area contributed by atoms with Gasteiger partial charge in [-0.15, -0.1) is 0 Å². The van der Waals surface area contributed by atoms with Gasteiger partial charge in [0.1, 0.15) is 0 Å². The molecule has 0 saturated carbocycles. The van der Waals surface area contributed by atoms with Crippen LogP contribution < -0.4 is 10.2 Å². The van der Waals surface area contributed by atoms with E-state index in [0.717, 1.165) is 5.46 Å². The van der Waals surface area contributed by atoms with Crippen molar-refractivity contribution in [3.63, 3.8) is 0 Å². The van der Waals surface area contributed by atoms with Crippen molar-refractivity contribution in [1.82, 2.24) is 4.98 Å². The van der Waals surface area contributed by atoms with Crippen LogP contribution in [0.15, 0.2) is 12.3 Å². The third-order valence-electron chi connectivity index (χ3n) is 3.72. The summed E-state index contributed by atoms with van der Waals surface area (Å²) < 4.78 is 17.6. The van der Waals surface area contributed by atoms with Crippen LogP contribution in [-0.4, -0.2) is 29.4 Å². The summed E-state index contributed by atoms with van der Waals surface area (Å²) in [5, 5.41) is 0.346. The largest absolute Gasteiger partial charge is 0.496 e. The molecular formula is C14H21BClNO3. The molecule has 0 unspecified atom stereocenters. The molecule has 1 aromatic heterocycles. The number of rotatable bonds is 3. The van der Waals surface area contributed by atoms with Gasteiger partial charge in [-0.05, 0) is 47.6 Å². The van der Waals surface area contributed by atoms with Crippen LogP contribution in [0.1, 0.15) is 41.5 Å². The van der Waals surface area contributed by atoms with Crippen molar-refractivity contribution >= 4 is 24.2 Å². The standard InChI is InChI=1S/C14H21BClNO3/c1-9(2)18-11-7-10(8-17-12(11)16)15-19-13(3,4)14(5,6)20-15/h7-9H,1-6H3. The Balaban J connectivity index is 2.27. The number of aromatic nitrogens is 1. The molecule has 0 aromatic carbocycles. The molecule has 1 aliphatic heterocycles. The lowest BCUT2D eigenvalue weighted by Gasteiger charge is -2.32. The van der Waals surface area contributed by atoms with Gasteiger partial charge < -0.3 is 14.0 Å². The molecular weight excluding hydrogens is 276 g/mol. The molecule has 2 heterocycles. The van der Waals surface area contributed by atoms with E-state index in [-0.39, 0.29) is 17.3 Å². The first-order valence-electron chi connectivity index (χ1n) is 6.80. The van der Waals surface area contributed by atoms with E-state index >= 15 is 0 Å². The van der Waals surface area contributed by atoms with Crippen LogP contribution in [0.25, 0.3) is 0 Å². The summed E-state index contributed by atoms with van der Waals surface area (Å²) in [4.78, 5) is 4.15. The maximum absolute atomic E-state index is 6.04. The molecule has 1 saturated heterocycles. The summed E-state index contributed by atoms with van der Waals surface area (Å²) in [6, 6.07) is 1.83. The molecule has 0 N–H and O–H groups in total. The summed E-state index contributed by atoms with van der Waals surface area (Å²) >= 11 is 6.04. The molecule has 110 valence electrons. The lowest BCUT2D eigenvalue weighted by atomic mass is 9.80. The van der Waals surface area contributed by atoms with E-state index in [4.69, 9.17) is 25.6 Å². The third-order valence-corrected chi connectivity index (χ3v) is 4.00. The van der Waals surface area contributed by atoms with Crippen LogP contribution in [0.3, 0.4) is 0 Å². The molecule has 0 radical (unpaired) electrons. The number of ether oxygens (including phenoxy) is 1. The molecule has 0 atom stereocenters. The molecule has 20 heavy (non-hydrogen) atoms. The zero-order chi connectivity index (χ0) is 15.1. The first-order chi connectivity index (χ1) is 9.12. The predicted octanol–water partition coefficient (Wildman–Crippen LogP) is 2.82. The monoisotopic (exact) mass is 297 g/mol. The quantitative estimate of drug-likeness (QED) is 0.635. The Bertz CT molecular complexity index is 489. The van der Waals surface area contributed by atoms with E-state index in [2.05, 4.69) is 4.98 Å². The summed E-state index contributed by atoms with van der Waals surface area (Å²) in [5.74, 6) is 0.550. The second kappa shape index (κ2) is 5.21. The highest BCUT2D eigenvalue weighted by molar-refractivity contribution is 6.62. The minimum Gasteiger partial charge on any atom is -0.488 e. The van der Waals surface area contributed by atoms with E-state index in [0.29, 0.717) is 10.9 Å². The van der Waals surface area contributed by atoms with Crippen molar-refractivity contribution in [3.05, 3.63) is 17.4 Å². The smallest absolute Gasteiger partial charge is 0.488 e. The Morgan fingerprint density at radius 2 is 1.75 bits per heavy atom. The Labute approximate surface area is 125 Å². The number of halogens is 1. The highest BCUT2D eigenvalue weighted by atomic mass is 35.5. The normalized spacial score (nSPS) is 20.5. The van der Waals surface area contributed by atoms with E-state index < -0.39 is 7.12 Å². The Hall–Kier alpha value is -0.775. The van der Waals surface area contributed by atoms with Gasteiger partial charge in [0.2, 0.25) is 0 Å². The average Bonchev–Trinajstić information content (AvgIpc) is 2.50. The number of nitrogens with zero attached hydrogens (tertiary/aromatic N) is 1. The minimum absolute atomic E-state index is 0.0304. The van der Waals surface area contributed by atoms with E-state index in [1.165, 1.54) is 0 Å². The van der Waals surface area contributed by atoms with Gasteiger partial charge in [0.15, 0.2) is 10.9 Å². The first-order valence-corrected chi connectivity index (χ1v) is 7.18. The maximum Gasteiger partial charge on any atom is 0.496 e. The molecule has 6 heteroatoms. The van der Waals surface area contributed by atoms with Crippen molar-refractivity contribution in [2.75, 3.05) is 0 Å². The lowest BCUT2D eigenvalue weighted by molar-refractivity contribution is 0.00578. The third kappa shape index (κ3) is 2.95. The van der Waals surface area contributed by atoms with Gasteiger partial charge in [-0.2, -0.15) is 0 Å². The molecule has 0 aliphatic carbocycles. The van der Waals surface area contributed by atoms with Gasteiger partial charge >= 0.3 is 7.12 Å². The van der Waals surface area contributed by atoms with Gasteiger partial charge in [0.25, 0.3) is 0 Å². The second-order valence-corrected chi connectivity index (χ2v) is 6.67.